The number of aliphatic hydroxyl groups is 1. The molecular weight excluding hydrogens is 318 g/mol. The van der Waals surface area contributed by atoms with Crippen molar-refractivity contribution in [3.63, 3.8) is 0 Å². The van der Waals surface area contributed by atoms with Crippen molar-refractivity contribution >= 4 is 5.78 Å². The van der Waals surface area contributed by atoms with Gasteiger partial charge in [-0.1, -0.05) is 6.07 Å². The highest BCUT2D eigenvalue weighted by Crippen LogP contribution is 2.64. The zero-order valence-electron chi connectivity index (χ0n) is 14.2. The first-order valence-corrected chi connectivity index (χ1v) is 9.52. The number of likely N-dealkylation sites (tertiary alicyclic amines) is 1. The Balaban J connectivity index is 1.59. The number of ether oxygens (including phenoxy) is 1. The fraction of sp³-hybridized carbons (Fsp3) is 0.650. The summed E-state index contributed by atoms with van der Waals surface area (Å²) >= 11 is 0. The molecule has 1 saturated heterocycles. The molecule has 2 N–H and O–H groups in total. The molecule has 5 nitrogen and oxygen atoms in total. The molecule has 2 bridgehead atoms. The largest absolute Gasteiger partial charge is 0.504 e. The number of piperidine rings is 1. The summed E-state index contributed by atoms with van der Waals surface area (Å²) in [7, 11) is 0. The Hall–Kier alpha value is -1.59. The molecule has 0 aromatic heterocycles. The van der Waals surface area contributed by atoms with Gasteiger partial charge in [0, 0.05) is 37.5 Å². The summed E-state index contributed by atoms with van der Waals surface area (Å²) in [6.45, 7) is 2.61. The van der Waals surface area contributed by atoms with E-state index in [1.165, 1.54) is 12.8 Å². The normalized spacial score (nSPS) is 41.4. The molecule has 1 aromatic rings. The molecule has 3 aliphatic carbocycles. The van der Waals surface area contributed by atoms with Gasteiger partial charge in [-0.3, -0.25) is 4.79 Å². The lowest BCUT2D eigenvalue weighted by atomic mass is 9.48. The lowest BCUT2D eigenvalue weighted by molar-refractivity contribution is -0.188. The van der Waals surface area contributed by atoms with Gasteiger partial charge in [0.2, 0.25) is 0 Å². The third-order valence-electron chi connectivity index (χ3n) is 7.48. The number of ketones is 1. The highest BCUT2D eigenvalue weighted by atomic mass is 16.5. The Morgan fingerprint density at radius 2 is 2.16 bits per heavy atom. The van der Waals surface area contributed by atoms with Gasteiger partial charge >= 0.3 is 0 Å². The van der Waals surface area contributed by atoms with Gasteiger partial charge in [0.25, 0.3) is 0 Å². The van der Waals surface area contributed by atoms with Crippen molar-refractivity contribution in [1.82, 2.24) is 4.90 Å². The van der Waals surface area contributed by atoms with E-state index in [-0.39, 0.29) is 17.5 Å². The van der Waals surface area contributed by atoms with Crippen molar-refractivity contribution in [1.29, 1.82) is 0 Å². The van der Waals surface area contributed by atoms with Gasteiger partial charge < -0.3 is 19.8 Å². The van der Waals surface area contributed by atoms with Gasteiger partial charge in [-0.25, -0.2) is 0 Å². The quantitative estimate of drug-likeness (QED) is 0.851. The van der Waals surface area contributed by atoms with E-state index in [1.807, 2.05) is 6.07 Å². The topological polar surface area (TPSA) is 70.0 Å². The molecule has 3 fully saturated rings. The number of phenolic OH excluding ortho intramolecular Hbond substituents is 1. The number of carbonyl (C=O) groups excluding carboxylic acids is 1. The highest BCUT2D eigenvalue weighted by Gasteiger charge is 2.73. The molecule has 5 aliphatic rings. The fourth-order valence-corrected chi connectivity index (χ4v) is 6.24. The van der Waals surface area contributed by atoms with Crippen LogP contribution >= 0.6 is 0 Å². The average Bonchev–Trinajstić information content (AvgIpc) is 3.30. The van der Waals surface area contributed by atoms with E-state index in [0.717, 1.165) is 36.6 Å². The third-order valence-corrected chi connectivity index (χ3v) is 7.48. The molecule has 1 unspecified atom stereocenters. The zero-order chi connectivity index (χ0) is 17.0. The third kappa shape index (κ3) is 1.60. The van der Waals surface area contributed by atoms with Crippen LogP contribution in [0.3, 0.4) is 0 Å². The minimum absolute atomic E-state index is 0.0696. The molecule has 1 spiro atoms. The van der Waals surface area contributed by atoms with Crippen LogP contribution in [-0.4, -0.2) is 52.2 Å². The molecule has 0 radical (unpaired) electrons. The van der Waals surface area contributed by atoms with E-state index in [9.17, 15) is 15.0 Å². The number of Topliss-reactive ketones (excluding diaryl/α,β-unsaturated/α-hetero) is 1. The molecule has 0 amide bonds. The van der Waals surface area contributed by atoms with Crippen LogP contribution in [0.25, 0.3) is 0 Å². The number of carbonyl (C=O) groups is 1. The maximum Gasteiger partial charge on any atom is 0.174 e. The van der Waals surface area contributed by atoms with Crippen LogP contribution in [0, 0.1) is 11.8 Å². The molecule has 6 rings (SSSR count). The summed E-state index contributed by atoms with van der Waals surface area (Å²) in [6.07, 6.45) is 3.61. The second kappa shape index (κ2) is 4.38. The Labute approximate surface area is 146 Å². The lowest BCUT2D eigenvalue weighted by Gasteiger charge is -2.61. The van der Waals surface area contributed by atoms with Crippen LogP contribution in [0.2, 0.25) is 0 Å². The highest BCUT2D eigenvalue weighted by molar-refractivity contribution is 5.90. The van der Waals surface area contributed by atoms with Crippen LogP contribution in [-0.2, 0) is 16.6 Å². The Morgan fingerprint density at radius 3 is 2.96 bits per heavy atom. The molecule has 2 saturated carbocycles. The van der Waals surface area contributed by atoms with Crippen molar-refractivity contribution in [2.45, 2.75) is 49.2 Å². The van der Waals surface area contributed by atoms with Gasteiger partial charge in [0.05, 0.1) is 11.0 Å². The van der Waals surface area contributed by atoms with Crippen LogP contribution in [0.4, 0.5) is 0 Å². The van der Waals surface area contributed by atoms with E-state index in [4.69, 9.17) is 4.74 Å². The minimum Gasteiger partial charge on any atom is -0.504 e. The van der Waals surface area contributed by atoms with E-state index in [1.54, 1.807) is 6.07 Å². The monoisotopic (exact) mass is 341 g/mol. The van der Waals surface area contributed by atoms with Crippen LogP contribution in [0.15, 0.2) is 12.1 Å². The zero-order valence-corrected chi connectivity index (χ0v) is 14.2. The number of rotatable bonds is 2. The standard InChI is InChI=1S/C20H23NO4/c22-14-4-3-12-7-13-9-21(8-11-1-2-11)10-19-16(12)17(14)25-18(19)15(23)5-6-20(13,19)24/h3-4,11,13,18,22,24H,1-2,5-10H2/t13-,18+,19+,20?/m1/s1. The van der Waals surface area contributed by atoms with E-state index in [0.29, 0.717) is 25.1 Å². The Kier molecular flexibility index (Phi) is 2.55. The summed E-state index contributed by atoms with van der Waals surface area (Å²) in [5.74, 6) is 1.51. The maximum atomic E-state index is 12.8. The van der Waals surface area contributed by atoms with Gasteiger partial charge in [0.15, 0.2) is 23.4 Å². The molecule has 1 aromatic carbocycles. The molecule has 4 atom stereocenters. The Morgan fingerprint density at radius 1 is 1.32 bits per heavy atom. The number of benzene rings is 1. The molecule has 5 heteroatoms. The number of hydrogen-bond donors (Lipinski definition) is 2. The van der Waals surface area contributed by atoms with Crippen LogP contribution < -0.4 is 4.74 Å². The molecule has 25 heavy (non-hydrogen) atoms. The van der Waals surface area contributed by atoms with Crippen molar-refractivity contribution in [3.05, 3.63) is 23.3 Å². The SMILES string of the molecule is O=C1CCC2(O)[C@@H]3Cc4ccc(O)c5c4[C@@]2(CN(CC2CC2)C3)[C@H]1O5. The minimum atomic E-state index is -0.905. The molecule has 2 aliphatic heterocycles. The molecular formula is C20H23NO4. The van der Waals surface area contributed by atoms with Gasteiger partial charge in [-0.15, -0.1) is 0 Å². The first-order valence-electron chi connectivity index (χ1n) is 9.52. The smallest absolute Gasteiger partial charge is 0.174 e. The molecule has 132 valence electrons. The van der Waals surface area contributed by atoms with Gasteiger partial charge in [-0.05, 0) is 43.2 Å². The van der Waals surface area contributed by atoms with E-state index < -0.39 is 17.1 Å². The predicted molar refractivity (Wildman–Crippen MR) is 89.7 cm³/mol. The lowest BCUT2D eigenvalue weighted by Crippen LogP contribution is -2.75. The summed E-state index contributed by atoms with van der Waals surface area (Å²) in [5, 5.41) is 22.2. The summed E-state index contributed by atoms with van der Waals surface area (Å²) in [5.41, 5.74) is 0.454. The van der Waals surface area contributed by atoms with Crippen LogP contribution in [0.5, 0.6) is 11.5 Å². The van der Waals surface area contributed by atoms with Gasteiger partial charge in [-0.2, -0.15) is 0 Å². The first-order chi connectivity index (χ1) is 12.0. The number of aromatic hydroxyl groups is 1. The van der Waals surface area contributed by atoms with Crippen molar-refractivity contribution < 1.29 is 19.7 Å². The van der Waals surface area contributed by atoms with E-state index in [2.05, 4.69) is 4.90 Å². The van der Waals surface area contributed by atoms with Gasteiger partial charge in [0.1, 0.15) is 0 Å². The van der Waals surface area contributed by atoms with Crippen molar-refractivity contribution in [3.8, 4) is 11.5 Å². The summed E-state index contributed by atoms with van der Waals surface area (Å²) < 4.78 is 6.07. The maximum absolute atomic E-state index is 12.8. The van der Waals surface area contributed by atoms with Crippen LogP contribution in [0.1, 0.15) is 36.8 Å². The number of hydrogen-bond acceptors (Lipinski definition) is 5. The number of phenols is 1. The van der Waals surface area contributed by atoms with Crippen molar-refractivity contribution in [2.75, 3.05) is 19.6 Å². The average molecular weight is 341 g/mol. The summed E-state index contributed by atoms with van der Waals surface area (Å²) in [6, 6.07) is 3.64. The van der Waals surface area contributed by atoms with E-state index >= 15 is 0 Å². The van der Waals surface area contributed by atoms with Crippen molar-refractivity contribution in [2.24, 2.45) is 11.8 Å². The Bertz CT molecular complexity index is 803. The predicted octanol–water partition coefficient (Wildman–Crippen LogP) is 1.38. The second-order valence-electron chi connectivity index (χ2n) is 8.85. The number of nitrogens with zero attached hydrogens (tertiary/aromatic N) is 1. The fourth-order valence-electron chi connectivity index (χ4n) is 6.24. The summed E-state index contributed by atoms with van der Waals surface area (Å²) in [4.78, 5) is 15.2. The molecule has 2 heterocycles. The second-order valence-corrected chi connectivity index (χ2v) is 8.85. The first kappa shape index (κ1) is 14.6.